The molecule has 0 aliphatic carbocycles. The Hall–Kier alpha value is -2.38. The van der Waals surface area contributed by atoms with Crippen molar-refractivity contribution in [1.29, 1.82) is 0 Å². The molecular formula is C24H32N2O5. The molecule has 1 amide bonds. The molecule has 0 radical (unpaired) electrons. The molecule has 1 unspecified atom stereocenters. The van der Waals surface area contributed by atoms with Gasteiger partial charge in [-0.25, -0.2) is 0 Å². The van der Waals surface area contributed by atoms with Crippen molar-refractivity contribution in [2.24, 2.45) is 0 Å². The molecule has 7 nitrogen and oxygen atoms in total. The molecule has 7 heteroatoms. The van der Waals surface area contributed by atoms with Crippen molar-refractivity contribution < 1.29 is 23.5 Å². The van der Waals surface area contributed by atoms with Gasteiger partial charge < -0.3 is 23.6 Å². The highest BCUT2D eigenvalue weighted by Crippen LogP contribution is 2.36. The standard InChI is InChI=1S/C24H32N2O5/c1-18-22(19(2)31-25-18)16-23(27)26-11-9-24(10-12-26)17-21(8-13-30-24)29-15-14-28-20-6-4-3-5-7-20/h3-7,21H,8-17H2,1-2H3. The topological polar surface area (TPSA) is 74.0 Å². The van der Waals surface area contributed by atoms with Crippen molar-refractivity contribution >= 4 is 5.91 Å². The number of para-hydroxylation sites is 1. The first kappa shape index (κ1) is 21.8. The van der Waals surface area contributed by atoms with Gasteiger partial charge in [0.1, 0.15) is 18.1 Å². The zero-order chi connectivity index (χ0) is 21.7. The molecule has 0 saturated carbocycles. The number of carbonyl (C=O) groups excluding carboxylic acids is 1. The third kappa shape index (κ3) is 5.46. The minimum atomic E-state index is -0.178. The maximum Gasteiger partial charge on any atom is 0.227 e. The van der Waals surface area contributed by atoms with Crippen LogP contribution in [0.1, 0.15) is 42.7 Å². The Balaban J connectivity index is 1.22. The van der Waals surface area contributed by atoms with Crippen LogP contribution in [0.3, 0.4) is 0 Å². The van der Waals surface area contributed by atoms with Gasteiger partial charge in [0.15, 0.2) is 0 Å². The van der Waals surface area contributed by atoms with Crippen LogP contribution >= 0.6 is 0 Å². The van der Waals surface area contributed by atoms with Gasteiger partial charge in [0.2, 0.25) is 5.91 Å². The second-order valence-corrected chi connectivity index (χ2v) is 8.54. The summed E-state index contributed by atoms with van der Waals surface area (Å²) in [5.74, 6) is 1.72. The summed E-state index contributed by atoms with van der Waals surface area (Å²) in [7, 11) is 0. The SMILES string of the molecule is Cc1noc(C)c1CC(=O)N1CCC2(CC1)CC(OCCOc1ccccc1)CCO2. The number of ether oxygens (including phenoxy) is 3. The molecule has 31 heavy (non-hydrogen) atoms. The highest BCUT2D eigenvalue weighted by Gasteiger charge is 2.41. The summed E-state index contributed by atoms with van der Waals surface area (Å²) < 4.78 is 23.2. The van der Waals surface area contributed by atoms with Crippen molar-refractivity contribution in [2.75, 3.05) is 32.9 Å². The molecule has 4 rings (SSSR count). The predicted molar refractivity (Wildman–Crippen MR) is 115 cm³/mol. The fourth-order valence-electron chi connectivity index (χ4n) is 4.55. The molecule has 2 fully saturated rings. The van der Waals surface area contributed by atoms with Crippen LogP contribution in [-0.2, 0) is 20.7 Å². The largest absolute Gasteiger partial charge is 0.491 e. The van der Waals surface area contributed by atoms with E-state index in [-0.39, 0.29) is 17.6 Å². The number of rotatable bonds is 7. The Labute approximate surface area is 183 Å². The zero-order valence-corrected chi connectivity index (χ0v) is 18.5. The normalized spacial score (nSPS) is 20.7. The maximum atomic E-state index is 12.8. The Kier molecular flexibility index (Phi) is 6.92. The first-order valence-electron chi connectivity index (χ1n) is 11.2. The van der Waals surface area contributed by atoms with Crippen LogP contribution in [-0.4, -0.2) is 60.6 Å². The summed E-state index contributed by atoms with van der Waals surface area (Å²) in [5.41, 5.74) is 1.53. The minimum Gasteiger partial charge on any atom is -0.491 e. The number of benzene rings is 1. The Bertz CT molecular complexity index is 839. The summed E-state index contributed by atoms with van der Waals surface area (Å²) in [6.45, 7) is 6.98. The predicted octanol–water partition coefficient (Wildman–Crippen LogP) is 3.47. The van der Waals surface area contributed by atoms with E-state index in [9.17, 15) is 4.79 Å². The van der Waals surface area contributed by atoms with E-state index in [1.807, 2.05) is 49.1 Å². The fourth-order valence-corrected chi connectivity index (χ4v) is 4.55. The smallest absolute Gasteiger partial charge is 0.227 e. The third-order valence-electron chi connectivity index (χ3n) is 6.43. The second kappa shape index (κ2) is 9.83. The van der Waals surface area contributed by atoms with E-state index >= 15 is 0 Å². The van der Waals surface area contributed by atoms with Crippen LogP contribution in [0.2, 0.25) is 0 Å². The lowest BCUT2D eigenvalue weighted by molar-refractivity contribution is -0.162. The second-order valence-electron chi connectivity index (χ2n) is 8.54. The van der Waals surface area contributed by atoms with E-state index in [1.165, 1.54) is 0 Å². The molecule has 2 aliphatic rings. The number of piperidine rings is 1. The zero-order valence-electron chi connectivity index (χ0n) is 18.5. The first-order valence-corrected chi connectivity index (χ1v) is 11.2. The lowest BCUT2D eigenvalue weighted by atomic mass is 9.83. The molecule has 168 valence electrons. The van der Waals surface area contributed by atoms with E-state index in [2.05, 4.69) is 5.16 Å². The summed E-state index contributed by atoms with van der Waals surface area (Å²) in [5, 5.41) is 3.95. The van der Waals surface area contributed by atoms with Gasteiger partial charge in [-0.2, -0.15) is 0 Å². The molecule has 0 bridgehead atoms. The molecule has 0 N–H and O–H groups in total. The average molecular weight is 429 g/mol. The summed E-state index contributed by atoms with van der Waals surface area (Å²) in [6, 6.07) is 9.79. The van der Waals surface area contributed by atoms with E-state index in [4.69, 9.17) is 18.7 Å². The van der Waals surface area contributed by atoms with Gasteiger partial charge in [0.25, 0.3) is 0 Å². The number of likely N-dealkylation sites (tertiary alicyclic amines) is 1. The maximum absolute atomic E-state index is 12.8. The van der Waals surface area contributed by atoms with E-state index in [1.54, 1.807) is 0 Å². The molecule has 2 aliphatic heterocycles. The summed E-state index contributed by atoms with van der Waals surface area (Å²) in [6.07, 6.45) is 4.01. The number of aromatic nitrogens is 1. The number of carbonyl (C=O) groups is 1. The highest BCUT2D eigenvalue weighted by atomic mass is 16.5. The van der Waals surface area contributed by atoms with Gasteiger partial charge >= 0.3 is 0 Å². The summed E-state index contributed by atoms with van der Waals surface area (Å²) >= 11 is 0. The number of hydrogen-bond donors (Lipinski definition) is 0. The molecule has 1 aromatic heterocycles. The molecular weight excluding hydrogens is 396 g/mol. The van der Waals surface area contributed by atoms with E-state index in [0.717, 1.165) is 48.5 Å². The Morgan fingerprint density at radius 2 is 1.97 bits per heavy atom. The molecule has 3 heterocycles. The van der Waals surface area contributed by atoms with Crippen molar-refractivity contribution in [2.45, 2.75) is 57.7 Å². The molecule has 2 aromatic rings. The van der Waals surface area contributed by atoms with Gasteiger partial charge in [0, 0.05) is 31.7 Å². The lowest BCUT2D eigenvalue weighted by Gasteiger charge is -2.46. The van der Waals surface area contributed by atoms with E-state index in [0.29, 0.717) is 39.3 Å². The Morgan fingerprint density at radius 3 is 2.68 bits per heavy atom. The molecule has 1 spiro atoms. The van der Waals surface area contributed by atoms with Gasteiger partial charge in [-0.1, -0.05) is 23.4 Å². The minimum absolute atomic E-state index is 0.130. The van der Waals surface area contributed by atoms with Gasteiger partial charge in [-0.05, 0) is 45.2 Å². The lowest BCUT2D eigenvalue weighted by Crippen LogP contribution is -2.52. The van der Waals surface area contributed by atoms with Crippen molar-refractivity contribution in [3.8, 4) is 5.75 Å². The number of aryl methyl sites for hydroxylation is 2. The monoisotopic (exact) mass is 428 g/mol. The quantitative estimate of drug-likeness (QED) is 0.629. The fraction of sp³-hybridized carbons (Fsp3) is 0.583. The third-order valence-corrected chi connectivity index (χ3v) is 6.43. The number of amides is 1. The molecule has 1 aromatic carbocycles. The number of hydrogen-bond acceptors (Lipinski definition) is 6. The number of nitrogens with zero attached hydrogens (tertiary/aromatic N) is 2. The summed E-state index contributed by atoms with van der Waals surface area (Å²) in [4.78, 5) is 14.7. The average Bonchev–Trinajstić information content (AvgIpc) is 3.10. The first-order chi connectivity index (χ1) is 15.0. The van der Waals surface area contributed by atoms with Gasteiger partial charge in [-0.3, -0.25) is 4.79 Å². The Morgan fingerprint density at radius 1 is 1.19 bits per heavy atom. The van der Waals surface area contributed by atoms with Crippen molar-refractivity contribution in [3.63, 3.8) is 0 Å². The van der Waals surface area contributed by atoms with Crippen LogP contribution in [0.4, 0.5) is 0 Å². The molecule has 1 atom stereocenters. The van der Waals surface area contributed by atoms with Gasteiger partial charge in [-0.15, -0.1) is 0 Å². The van der Waals surface area contributed by atoms with Crippen molar-refractivity contribution in [3.05, 3.63) is 47.3 Å². The molecule has 2 saturated heterocycles. The van der Waals surface area contributed by atoms with Crippen LogP contribution in [0.5, 0.6) is 5.75 Å². The van der Waals surface area contributed by atoms with Gasteiger partial charge in [0.05, 0.1) is 30.4 Å². The van der Waals surface area contributed by atoms with Crippen LogP contribution < -0.4 is 4.74 Å². The van der Waals surface area contributed by atoms with Crippen LogP contribution in [0, 0.1) is 13.8 Å². The highest BCUT2D eigenvalue weighted by molar-refractivity contribution is 5.79. The van der Waals surface area contributed by atoms with Crippen molar-refractivity contribution in [1.82, 2.24) is 10.1 Å². The van der Waals surface area contributed by atoms with Crippen LogP contribution in [0.25, 0.3) is 0 Å². The van der Waals surface area contributed by atoms with E-state index < -0.39 is 0 Å². The van der Waals surface area contributed by atoms with Crippen LogP contribution in [0.15, 0.2) is 34.9 Å².